The summed E-state index contributed by atoms with van der Waals surface area (Å²) in [4.78, 5) is 8.17. The summed E-state index contributed by atoms with van der Waals surface area (Å²) < 4.78 is 5.85. The molecule has 0 saturated carbocycles. The van der Waals surface area contributed by atoms with Crippen molar-refractivity contribution in [3.63, 3.8) is 0 Å². The van der Waals surface area contributed by atoms with Crippen molar-refractivity contribution in [2.75, 3.05) is 7.11 Å². The summed E-state index contributed by atoms with van der Waals surface area (Å²) in [6, 6.07) is 0.418. The molecule has 1 heterocycles. The Morgan fingerprint density at radius 1 is 1.50 bits per heavy atom. The lowest BCUT2D eigenvalue weighted by atomic mass is 10.1. The number of nitrogens with zero attached hydrogens (tertiary/aromatic N) is 2. The van der Waals surface area contributed by atoms with Crippen LogP contribution in [0.1, 0.15) is 25.5 Å². The van der Waals surface area contributed by atoms with Gasteiger partial charge in [0.25, 0.3) is 0 Å². The number of rotatable bonds is 2. The molecular weight excluding hydrogens is 220 g/mol. The van der Waals surface area contributed by atoms with Gasteiger partial charge in [-0.25, -0.2) is 4.98 Å². The molecule has 1 aromatic rings. The van der Waals surface area contributed by atoms with Crippen LogP contribution in [0.2, 0.25) is 0 Å². The van der Waals surface area contributed by atoms with Gasteiger partial charge in [0.1, 0.15) is 0 Å². The van der Waals surface area contributed by atoms with E-state index in [0.717, 1.165) is 10.2 Å². The Morgan fingerprint density at radius 2 is 2.17 bits per heavy atom. The molecule has 0 bridgehead atoms. The molecule has 0 N–H and O–H groups in total. The Balaban J connectivity index is 3.08. The highest BCUT2D eigenvalue weighted by molar-refractivity contribution is 9.10. The quantitative estimate of drug-likeness (QED) is 0.783. The van der Waals surface area contributed by atoms with E-state index >= 15 is 0 Å². The first-order valence-corrected chi connectivity index (χ1v) is 4.51. The van der Waals surface area contributed by atoms with Crippen molar-refractivity contribution in [3.05, 3.63) is 16.4 Å². The Bertz CT molecular complexity index is 276. The second-order valence-electron chi connectivity index (χ2n) is 2.74. The van der Waals surface area contributed by atoms with E-state index in [0.29, 0.717) is 11.9 Å². The molecule has 0 unspecified atom stereocenters. The first-order chi connectivity index (χ1) is 5.65. The van der Waals surface area contributed by atoms with Gasteiger partial charge in [-0.15, -0.1) is 0 Å². The van der Waals surface area contributed by atoms with Crippen molar-refractivity contribution in [2.24, 2.45) is 0 Å². The SMILES string of the molecule is COc1ncc(Br)c(C(C)C)n1. The zero-order valence-corrected chi connectivity index (χ0v) is 8.92. The summed E-state index contributed by atoms with van der Waals surface area (Å²) in [5.74, 6) is 0.372. The number of ether oxygens (including phenoxy) is 1. The molecule has 0 spiro atoms. The molecule has 0 amide bonds. The van der Waals surface area contributed by atoms with Crippen LogP contribution in [0.5, 0.6) is 6.01 Å². The number of aromatic nitrogens is 2. The van der Waals surface area contributed by atoms with Crippen molar-refractivity contribution in [3.8, 4) is 6.01 Å². The van der Waals surface area contributed by atoms with Gasteiger partial charge in [-0.1, -0.05) is 13.8 Å². The average molecular weight is 231 g/mol. The van der Waals surface area contributed by atoms with Crippen molar-refractivity contribution < 1.29 is 4.74 Å². The largest absolute Gasteiger partial charge is 0.467 e. The van der Waals surface area contributed by atoms with Crippen LogP contribution >= 0.6 is 15.9 Å². The molecule has 0 atom stereocenters. The minimum absolute atomic E-state index is 0.372. The number of hydrogen-bond donors (Lipinski definition) is 0. The molecular formula is C8H11BrN2O. The molecule has 1 aromatic heterocycles. The van der Waals surface area contributed by atoms with Gasteiger partial charge in [-0.3, -0.25) is 0 Å². The van der Waals surface area contributed by atoms with E-state index in [2.05, 4.69) is 39.7 Å². The Hall–Kier alpha value is -0.640. The van der Waals surface area contributed by atoms with Crippen molar-refractivity contribution >= 4 is 15.9 Å². The van der Waals surface area contributed by atoms with Gasteiger partial charge >= 0.3 is 6.01 Å². The second kappa shape index (κ2) is 3.85. The molecule has 0 aliphatic rings. The van der Waals surface area contributed by atoms with Crippen LogP contribution in [-0.2, 0) is 0 Å². The van der Waals surface area contributed by atoms with E-state index in [9.17, 15) is 0 Å². The second-order valence-corrected chi connectivity index (χ2v) is 3.60. The van der Waals surface area contributed by atoms with Crippen LogP contribution in [-0.4, -0.2) is 17.1 Å². The summed E-state index contributed by atoms with van der Waals surface area (Å²) in [7, 11) is 1.56. The Morgan fingerprint density at radius 3 is 2.67 bits per heavy atom. The van der Waals surface area contributed by atoms with E-state index in [-0.39, 0.29) is 0 Å². The fourth-order valence-corrected chi connectivity index (χ4v) is 1.52. The van der Waals surface area contributed by atoms with E-state index in [1.807, 2.05) is 0 Å². The molecule has 1 rings (SSSR count). The minimum Gasteiger partial charge on any atom is -0.467 e. The maximum absolute atomic E-state index is 4.92. The maximum atomic E-state index is 4.92. The third-order valence-electron chi connectivity index (χ3n) is 1.48. The first kappa shape index (κ1) is 9.45. The van der Waals surface area contributed by atoms with Crippen LogP contribution < -0.4 is 4.74 Å². The van der Waals surface area contributed by atoms with Gasteiger partial charge < -0.3 is 4.74 Å². The number of methoxy groups -OCH3 is 1. The molecule has 0 radical (unpaired) electrons. The molecule has 0 fully saturated rings. The third kappa shape index (κ3) is 1.94. The standard InChI is InChI=1S/C8H11BrN2O/c1-5(2)7-6(9)4-10-8(11-7)12-3/h4-5H,1-3H3. The van der Waals surface area contributed by atoms with Crippen LogP contribution in [0.3, 0.4) is 0 Å². The molecule has 3 nitrogen and oxygen atoms in total. The summed E-state index contributed by atoms with van der Waals surface area (Å²) in [5, 5.41) is 0. The van der Waals surface area contributed by atoms with Gasteiger partial charge in [-0.05, 0) is 21.8 Å². The first-order valence-electron chi connectivity index (χ1n) is 3.71. The van der Waals surface area contributed by atoms with Crippen LogP contribution in [0, 0.1) is 0 Å². The third-order valence-corrected chi connectivity index (χ3v) is 2.09. The topological polar surface area (TPSA) is 35.0 Å². The maximum Gasteiger partial charge on any atom is 0.316 e. The normalized spacial score (nSPS) is 10.4. The summed E-state index contributed by atoms with van der Waals surface area (Å²) >= 11 is 3.38. The highest BCUT2D eigenvalue weighted by Gasteiger charge is 2.08. The highest BCUT2D eigenvalue weighted by atomic mass is 79.9. The van der Waals surface area contributed by atoms with E-state index in [1.165, 1.54) is 0 Å². The lowest BCUT2D eigenvalue weighted by molar-refractivity contribution is 0.377. The predicted octanol–water partition coefficient (Wildman–Crippen LogP) is 2.37. The van der Waals surface area contributed by atoms with Crippen LogP contribution in [0.4, 0.5) is 0 Å². The fraction of sp³-hybridized carbons (Fsp3) is 0.500. The van der Waals surface area contributed by atoms with Gasteiger partial charge in [-0.2, -0.15) is 4.98 Å². The molecule has 0 aliphatic carbocycles. The van der Waals surface area contributed by atoms with E-state index < -0.39 is 0 Å². The molecule has 0 aliphatic heterocycles. The van der Waals surface area contributed by atoms with E-state index in [1.54, 1.807) is 13.3 Å². The highest BCUT2D eigenvalue weighted by Crippen LogP contribution is 2.22. The van der Waals surface area contributed by atoms with Gasteiger partial charge in [0.05, 0.1) is 17.3 Å². The van der Waals surface area contributed by atoms with Crippen molar-refractivity contribution in [2.45, 2.75) is 19.8 Å². The smallest absolute Gasteiger partial charge is 0.316 e. The van der Waals surface area contributed by atoms with Crippen molar-refractivity contribution in [1.82, 2.24) is 9.97 Å². The fourth-order valence-electron chi connectivity index (χ4n) is 0.867. The molecule has 0 aromatic carbocycles. The van der Waals surface area contributed by atoms with Crippen LogP contribution in [0.25, 0.3) is 0 Å². The predicted molar refractivity (Wildman–Crippen MR) is 50.4 cm³/mol. The summed E-state index contributed by atoms with van der Waals surface area (Å²) in [6.07, 6.45) is 1.71. The summed E-state index contributed by atoms with van der Waals surface area (Å²) in [6.45, 7) is 4.15. The Kier molecular flexibility index (Phi) is 3.03. The monoisotopic (exact) mass is 230 g/mol. The van der Waals surface area contributed by atoms with E-state index in [4.69, 9.17) is 4.74 Å². The average Bonchev–Trinajstić information content (AvgIpc) is 2.05. The van der Waals surface area contributed by atoms with Gasteiger partial charge in [0.2, 0.25) is 0 Å². The molecule has 4 heteroatoms. The van der Waals surface area contributed by atoms with Gasteiger partial charge in [0, 0.05) is 6.20 Å². The lowest BCUT2D eigenvalue weighted by Crippen LogP contribution is -1.99. The van der Waals surface area contributed by atoms with Gasteiger partial charge in [0.15, 0.2) is 0 Å². The molecule has 12 heavy (non-hydrogen) atoms. The lowest BCUT2D eigenvalue weighted by Gasteiger charge is -2.07. The van der Waals surface area contributed by atoms with Crippen LogP contribution in [0.15, 0.2) is 10.7 Å². The minimum atomic E-state index is 0.372. The molecule has 0 saturated heterocycles. The zero-order valence-electron chi connectivity index (χ0n) is 7.34. The number of halogens is 1. The zero-order chi connectivity index (χ0) is 9.14. The summed E-state index contributed by atoms with van der Waals surface area (Å²) in [5.41, 5.74) is 0.974. The molecule has 66 valence electrons. The Labute approximate surface area is 80.3 Å². The van der Waals surface area contributed by atoms with Crippen molar-refractivity contribution in [1.29, 1.82) is 0 Å². The number of hydrogen-bond acceptors (Lipinski definition) is 3.